The summed E-state index contributed by atoms with van der Waals surface area (Å²) in [5.74, 6) is -0.426. The van der Waals surface area contributed by atoms with E-state index in [1.807, 2.05) is 25.1 Å². The number of benzene rings is 3. The van der Waals surface area contributed by atoms with Crippen LogP contribution in [0.3, 0.4) is 0 Å². The van der Waals surface area contributed by atoms with Crippen LogP contribution in [0.1, 0.15) is 56.8 Å². The molecular weight excluding hydrogens is 563 g/mol. The van der Waals surface area contributed by atoms with Gasteiger partial charge in [-0.15, -0.1) is 0 Å². The monoisotopic (exact) mass is 601 g/mol. The van der Waals surface area contributed by atoms with Gasteiger partial charge in [-0.1, -0.05) is 25.1 Å². The van der Waals surface area contributed by atoms with Crippen molar-refractivity contribution in [3.05, 3.63) is 59.4 Å². The van der Waals surface area contributed by atoms with Crippen molar-refractivity contribution in [2.45, 2.75) is 82.1 Å². The molecule has 4 fully saturated rings. The molecule has 0 spiro atoms. The van der Waals surface area contributed by atoms with Crippen molar-refractivity contribution in [3.8, 4) is 16.9 Å². The molecule has 4 saturated heterocycles. The lowest BCUT2D eigenvalue weighted by Gasteiger charge is -2.35. The Kier molecular flexibility index (Phi) is 6.75. The van der Waals surface area contributed by atoms with Gasteiger partial charge in [0.2, 0.25) is 0 Å². The maximum atomic E-state index is 16.9. The van der Waals surface area contributed by atoms with Crippen molar-refractivity contribution < 1.29 is 18.3 Å². The Balaban J connectivity index is 1.29. The van der Waals surface area contributed by atoms with Gasteiger partial charge in [-0.2, -0.15) is 0 Å². The van der Waals surface area contributed by atoms with Crippen molar-refractivity contribution >= 4 is 27.5 Å². The maximum Gasteiger partial charge on any atom is 0.160 e. The Bertz CT molecular complexity index is 1770. The molecule has 3 aromatic carbocycles. The van der Waals surface area contributed by atoms with Gasteiger partial charge in [0, 0.05) is 49.1 Å². The molecule has 4 aliphatic heterocycles. The highest BCUT2D eigenvalue weighted by Gasteiger charge is 2.48. The van der Waals surface area contributed by atoms with Gasteiger partial charge in [0.25, 0.3) is 0 Å². The van der Waals surface area contributed by atoms with Crippen molar-refractivity contribution in [1.29, 1.82) is 0 Å². The van der Waals surface area contributed by atoms with Crippen LogP contribution in [0.2, 0.25) is 0 Å². The summed E-state index contributed by atoms with van der Waals surface area (Å²) in [6.07, 6.45) is 5.69. The molecule has 9 heteroatoms. The fraction of sp³-hybridized carbons (Fsp3) is 0.486. The zero-order valence-corrected chi connectivity index (χ0v) is 25.1. The lowest BCUT2D eigenvalue weighted by Crippen LogP contribution is -2.51. The molecular formula is C35H38F3N5O. The van der Waals surface area contributed by atoms with Crippen LogP contribution in [-0.2, 0) is 12.8 Å². The van der Waals surface area contributed by atoms with Crippen molar-refractivity contribution in [1.82, 2.24) is 20.2 Å². The molecule has 4 atom stereocenters. The normalized spacial score (nSPS) is 26.7. The number of piperazine rings is 1. The minimum atomic E-state index is -0.826. The highest BCUT2D eigenvalue weighted by Crippen LogP contribution is 2.44. The fourth-order valence-electron chi connectivity index (χ4n) is 8.73. The predicted octanol–water partition coefficient (Wildman–Crippen LogP) is 6.45. The van der Waals surface area contributed by atoms with E-state index in [-0.39, 0.29) is 22.4 Å². The molecule has 5 heterocycles. The van der Waals surface area contributed by atoms with E-state index in [1.165, 1.54) is 12.1 Å². The smallest absolute Gasteiger partial charge is 0.160 e. The minimum Gasteiger partial charge on any atom is -0.508 e. The Morgan fingerprint density at radius 3 is 2.68 bits per heavy atom. The van der Waals surface area contributed by atoms with Crippen LogP contribution >= 0.6 is 0 Å². The molecule has 2 N–H and O–H groups in total. The number of rotatable bonds is 6. The Labute approximate surface area is 255 Å². The molecule has 0 saturated carbocycles. The zero-order valence-electron chi connectivity index (χ0n) is 25.1. The average Bonchev–Trinajstić information content (AvgIpc) is 3.65. The number of phenols is 1. The summed E-state index contributed by atoms with van der Waals surface area (Å²) in [7, 11) is 0. The number of phenolic OH excluding ortho intramolecular Hbond substituents is 1. The van der Waals surface area contributed by atoms with E-state index in [1.54, 1.807) is 6.07 Å². The highest BCUT2D eigenvalue weighted by atomic mass is 19.1. The van der Waals surface area contributed by atoms with Crippen LogP contribution in [0, 0.1) is 11.6 Å². The second-order valence-electron chi connectivity index (χ2n) is 13.4. The molecule has 0 radical (unpaired) electrons. The Morgan fingerprint density at radius 2 is 1.89 bits per heavy atom. The number of alkyl halides is 1. The molecule has 6 nitrogen and oxygen atoms in total. The van der Waals surface area contributed by atoms with Gasteiger partial charge < -0.3 is 15.3 Å². The molecule has 4 aliphatic rings. The third-order valence-corrected chi connectivity index (χ3v) is 10.7. The summed E-state index contributed by atoms with van der Waals surface area (Å²) in [5.41, 5.74) is 0.965. The number of nitrogens with zero attached hydrogens (tertiary/aromatic N) is 4. The van der Waals surface area contributed by atoms with Crippen molar-refractivity contribution in [2.75, 3.05) is 31.1 Å². The molecule has 230 valence electrons. The second kappa shape index (κ2) is 10.6. The van der Waals surface area contributed by atoms with E-state index in [2.05, 4.69) is 15.1 Å². The summed E-state index contributed by atoms with van der Waals surface area (Å²) in [6.45, 7) is 4.81. The molecule has 3 unspecified atom stereocenters. The number of fused-ring (bicyclic) bond motifs is 5. The van der Waals surface area contributed by atoms with E-state index < -0.39 is 17.8 Å². The first-order chi connectivity index (χ1) is 21.3. The van der Waals surface area contributed by atoms with E-state index in [0.717, 1.165) is 48.6 Å². The van der Waals surface area contributed by atoms with E-state index in [9.17, 15) is 9.50 Å². The number of aryl methyl sites for hydroxylation is 2. The number of halogens is 3. The van der Waals surface area contributed by atoms with Crippen LogP contribution in [0.5, 0.6) is 5.75 Å². The first-order valence-corrected chi connectivity index (χ1v) is 16.2. The standard InChI is InChI=1S/C35H38F3N5O/c1-2-20-5-3-6-21-13-25(44)14-26(30(20)21)31-28(37)15-27-33(32(31)38)40-29(9-11-35-10-4-12-43(35)17-22(36)16-35)41-34(27)42-18-23-7-8-24(19-42)39-23/h3,5-6,13-15,22-24,39,44H,2,4,7-12,16-19H2,1H3/t22-,23?,24?,35?/m1/s1. The Morgan fingerprint density at radius 1 is 1.07 bits per heavy atom. The van der Waals surface area contributed by atoms with Crippen LogP contribution < -0.4 is 10.2 Å². The maximum absolute atomic E-state index is 16.9. The van der Waals surface area contributed by atoms with Gasteiger partial charge in [0.05, 0.1) is 5.56 Å². The number of nitrogens with one attached hydrogen (secondary N) is 1. The lowest BCUT2D eigenvalue weighted by molar-refractivity contribution is 0.181. The first-order valence-electron chi connectivity index (χ1n) is 16.2. The van der Waals surface area contributed by atoms with Gasteiger partial charge in [-0.3, -0.25) is 4.90 Å². The van der Waals surface area contributed by atoms with E-state index >= 15 is 8.78 Å². The zero-order chi connectivity index (χ0) is 30.2. The summed E-state index contributed by atoms with van der Waals surface area (Å²) in [4.78, 5) is 14.2. The van der Waals surface area contributed by atoms with Crippen LogP contribution in [0.15, 0.2) is 36.4 Å². The van der Waals surface area contributed by atoms with Gasteiger partial charge in [-0.05, 0) is 91.6 Å². The summed E-state index contributed by atoms with van der Waals surface area (Å²) in [6, 6.07) is 10.8. The molecule has 0 amide bonds. The molecule has 0 aliphatic carbocycles. The summed E-state index contributed by atoms with van der Waals surface area (Å²) in [5, 5.41) is 16.0. The Hall–Kier alpha value is -3.43. The van der Waals surface area contributed by atoms with Crippen LogP contribution in [0.4, 0.5) is 19.0 Å². The largest absolute Gasteiger partial charge is 0.508 e. The fourth-order valence-corrected chi connectivity index (χ4v) is 8.73. The summed E-state index contributed by atoms with van der Waals surface area (Å²) >= 11 is 0. The quantitative estimate of drug-likeness (QED) is 0.265. The van der Waals surface area contributed by atoms with Crippen LogP contribution in [-0.4, -0.2) is 69.9 Å². The average molecular weight is 602 g/mol. The second-order valence-corrected chi connectivity index (χ2v) is 13.4. The van der Waals surface area contributed by atoms with Gasteiger partial charge in [0.1, 0.15) is 34.9 Å². The minimum absolute atomic E-state index is 0.0527. The van der Waals surface area contributed by atoms with Crippen molar-refractivity contribution in [3.63, 3.8) is 0 Å². The molecule has 4 aromatic rings. The first kappa shape index (κ1) is 28.1. The van der Waals surface area contributed by atoms with Gasteiger partial charge in [-0.25, -0.2) is 23.1 Å². The van der Waals surface area contributed by atoms with E-state index in [0.29, 0.717) is 80.0 Å². The van der Waals surface area contributed by atoms with Crippen molar-refractivity contribution in [2.24, 2.45) is 0 Å². The number of aromatic hydroxyl groups is 1. The number of aromatic nitrogens is 2. The van der Waals surface area contributed by atoms with Gasteiger partial charge >= 0.3 is 0 Å². The van der Waals surface area contributed by atoms with Gasteiger partial charge in [0.15, 0.2) is 5.82 Å². The molecule has 8 rings (SSSR count). The number of hydrogen-bond donors (Lipinski definition) is 2. The third kappa shape index (κ3) is 4.53. The van der Waals surface area contributed by atoms with E-state index in [4.69, 9.17) is 9.97 Å². The van der Waals surface area contributed by atoms with Crippen LogP contribution in [0.25, 0.3) is 32.8 Å². The predicted molar refractivity (Wildman–Crippen MR) is 167 cm³/mol. The SMILES string of the molecule is CCc1cccc2cc(O)cc(-c3c(F)cc4c(N5CC6CCC(C5)N6)nc(CCC56CCCN5C[C@H](F)C6)nc4c3F)c12. The molecule has 1 aromatic heterocycles. The highest BCUT2D eigenvalue weighted by molar-refractivity contribution is 6.03. The molecule has 44 heavy (non-hydrogen) atoms. The number of hydrogen-bond acceptors (Lipinski definition) is 6. The molecule has 2 bridgehead atoms. The number of anilines is 1. The topological polar surface area (TPSA) is 64.5 Å². The lowest BCUT2D eigenvalue weighted by atomic mass is 9.88. The third-order valence-electron chi connectivity index (χ3n) is 10.7. The summed E-state index contributed by atoms with van der Waals surface area (Å²) < 4.78 is 47.7.